The lowest BCUT2D eigenvalue weighted by Crippen LogP contribution is -2.15. The van der Waals surface area contributed by atoms with Gasteiger partial charge in [0.1, 0.15) is 0 Å². The highest BCUT2D eigenvalue weighted by molar-refractivity contribution is 5.16. The third-order valence-electron chi connectivity index (χ3n) is 2.67. The average molecular weight is 193 g/mol. The first-order valence-corrected chi connectivity index (χ1v) is 5.03. The van der Waals surface area contributed by atoms with Crippen LogP contribution in [0.1, 0.15) is 30.0 Å². The van der Waals surface area contributed by atoms with Crippen LogP contribution < -0.4 is 0 Å². The Balaban J connectivity index is 2.07. The van der Waals surface area contributed by atoms with Crippen LogP contribution in [0.5, 0.6) is 0 Å². The van der Waals surface area contributed by atoms with Crippen LogP contribution in [-0.2, 0) is 11.3 Å². The van der Waals surface area contributed by atoms with E-state index in [1.165, 1.54) is 0 Å². The van der Waals surface area contributed by atoms with Crippen LogP contribution in [0.3, 0.4) is 0 Å². The molecule has 0 atom stereocenters. The van der Waals surface area contributed by atoms with Crippen LogP contribution >= 0.6 is 0 Å². The lowest BCUT2D eigenvalue weighted by atomic mass is 9.96. The summed E-state index contributed by atoms with van der Waals surface area (Å²) in [5, 5.41) is 8.88. The Bertz CT molecular complexity index is 278. The van der Waals surface area contributed by atoms with Gasteiger partial charge in [-0.15, -0.1) is 0 Å². The number of aromatic nitrogens is 1. The summed E-state index contributed by atoms with van der Waals surface area (Å²) in [5.74, 6) is 0.538. The van der Waals surface area contributed by atoms with Gasteiger partial charge in [-0.2, -0.15) is 0 Å². The molecule has 1 aromatic rings. The number of aliphatic hydroxyl groups excluding tert-OH is 1. The Morgan fingerprint density at radius 3 is 2.71 bits per heavy atom. The SMILES string of the molecule is OCc1ccc(C2CCOCC2)nc1. The fraction of sp³-hybridized carbons (Fsp3) is 0.545. The molecule has 0 spiro atoms. The first-order chi connectivity index (χ1) is 6.90. The molecule has 1 aliphatic heterocycles. The van der Waals surface area contributed by atoms with Gasteiger partial charge in [0.05, 0.1) is 6.61 Å². The quantitative estimate of drug-likeness (QED) is 0.773. The molecule has 3 heteroatoms. The van der Waals surface area contributed by atoms with Crippen LogP contribution in [0.4, 0.5) is 0 Å². The molecule has 2 heterocycles. The number of nitrogens with zero attached hydrogens (tertiary/aromatic N) is 1. The van der Waals surface area contributed by atoms with Gasteiger partial charge in [-0.05, 0) is 24.5 Å². The summed E-state index contributed by atoms with van der Waals surface area (Å²) >= 11 is 0. The molecule has 0 bridgehead atoms. The Labute approximate surface area is 83.7 Å². The van der Waals surface area contributed by atoms with Crippen molar-refractivity contribution in [2.24, 2.45) is 0 Å². The molecule has 14 heavy (non-hydrogen) atoms. The summed E-state index contributed by atoms with van der Waals surface area (Å²) in [6.07, 6.45) is 3.88. The zero-order valence-electron chi connectivity index (χ0n) is 8.15. The Hall–Kier alpha value is -0.930. The zero-order chi connectivity index (χ0) is 9.80. The maximum absolute atomic E-state index is 8.88. The Morgan fingerprint density at radius 2 is 2.14 bits per heavy atom. The van der Waals surface area contributed by atoms with Gasteiger partial charge >= 0.3 is 0 Å². The molecule has 1 N–H and O–H groups in total. The minimum absolute atomic E-state index is 0.0705. The molecular formula is C11H15NO2. The van der Waals surface area contributed by atoms with Gasteiger partial charge < -0.3 is 9.84 Å². The number of aliphatic hydroxyl groups is 1. The summed E-state index contributed by atoms with van der Waals surface area (Å²) in [4.78, 5) is 4.36. The predicted octanol–water partition coefficient (Wildman–Crippen LogP) is 1.47. The minimum atomic E-state index is 0.0705. The van der Waals surface area contributed by atoms with Gasteiger partial charge in [0, 0.05) is 31.0 Å². The molecule has 1 saturated heterocycles. The molecule has 0 unspecified atom stereocenters. The monoisotopic (exact) mass is 193 g/mol. The molecule has 1 aliphatic rings. The van der Waals surface area contributed by atoms with E-state index in [1.807, 2.05) is 12.1 Å². The highest BCUT2D eigenvalue weighted by Gasteiger charge is 2.16. The van der Waals surface area contributed by atoms with Crippen molar-refractivity contribution < 1.29 is 9.84 Å². The van der Waals surface area contributed by atoms with Crippen molar-refractivity contribution >= 4 is 0 Å². The first-order valence-electron chi connectivity index (χ1n) is 5.03. The number of ether oxygens (including phenoxy) is 1. The normalized spacial score (nSPS) is 18.4. The van der Waals surface area contributed by atoms with Crippen LogP contribution in [0.2, 0.25) is 0 Å². The van der Waals surface area contributed by atoms with E-state index in [9.17, 15) is 0 Å². The highest BCUT2D eigenvalue weighted by atomic mass is 16.5. The first kappa shape index (κ1) is 9.62. The van der Waals surface area contributed by atoms with Crippen molar-refractivity contribution in [3.8, 4) is 0 Å². The molecule has 76 valence electrons. The van der Waals surface area contributed by atoms with Crippen molar-refractivity contribution in [3.05, 3.63) is 29.6 Å². The summed E-state index contributed by atoms with van der Waals surface area (Å²) in [7, 11) is 0. The van der Waals surface area contributed by atoms with Gasteiger partial charge in [-0.1, -0.05) is 6.07 Å². The van der Waals surface area contributed by atoms with Crippen molar-refractivity contribution in [1.82, 2.24) is 4.98 Å². The van der Waals surface area contributed by atoms with Crippen LogP contribution in [-0.4, -0.2) is 23.3 Å². The second-order valence-corrected chi connectivity index (χ2v) is 3.64. The van der Waals surface area contributed by atoms with E-state index >= 15 is 0 Å². The fourth-order valence-electron chi connectivity index (χ4n) is 1.76. The lowest BCUT2D eigenvalue weighted by Gasteiger charge is -2.21. The topological polar surface area (TPSA) is 42.4 Å². The molecule has 2 rings (SSSR count). The molecule has 3 nitrogen and oxygen atoms in total. The summed E-state index contributed by atoms with van der Waals surface area (Å²) in [6, 6.07) is 3.96. The van der Waals surface area contributed by atoms with E-state index in [4.69, 9.17) is 9.84 Å². The molecule has 0 aliphatic carbocycles. The van der Waals surface area contributed by atoms with Crippen molar-refractivity contribution in [2.75, 3.05) is 13.2 Å². The fourth-order valence-corrected chi connectivity index (χ4v) is 1.76. The molecule has 0 radical (unpaired) electrons. The lowest BCUT2D eigenvalue weighted by molar-refractivity contribution is 0.0845. The minimum Gasteiger partial charge on any atom is -0.392 e. The highest BCUT2D eigenvalue weighted by Crippen LogP contribution is 2.24. The number of pyridine rings is 1. The average Bonchev–Trinajstić information content (AvgIpc) is 2.30. The van der Waals surface area contributed by atoms with Crippen LogP contribution in [0.25, 0.3) is 0 Å². The molecule has 0 aromatic carbocycles. The van der Waals surface area contributed by atoms with Gasteiger partial charge in [0.15, 0.2) is 0 Å². The molecule has 1 aromatic heterocycles. The van der Waals surface area contributed by atoms with Gasteiger partial charge in [-0.25, -0.2) is 0 Å². The third-order valence-corrected chi connectivity index (χ3v) is 2.67. The number of hydrogen-bond donors (Lipinski definition) is 1. The maximum atomic E-state index is 8.88. The van der Waals surface area contributed by atoms with E-state index in [2.05, 4.69) is 4.98 Å². The van der Waals surface area contributed by atoms with Gasteiger partial charge in [0.2, 0.25) is 0 Å². The van der Waals surface area contributed by atoms with E-state index in [0.717, 1.165) is 37.3 Å². The van der Waals surface area contributed by atoms with Gasteiger partial charge in [0.25, 0.3) is 0 Å². The van der Waals surface area contributed by atoms with E-state index in [1.54, 1.807) is 6.20 Å². The van der Waals surface area contributed by atoms with Gasteiger partial charge in [-0.3, -0.25) is 4.98 Å². The molecule has 0 amide bonds. The zero-order valence-corrected chi connectivity index (χ0v) is 8.15. The number of rotatable bonds is 2. The third kappa shape index (κ3) is 2.11. The van der Waals surface area contributed by atoms with Crippen molar-refractivity contribution in [2.45, 2.75) is 25.4 Å². The van der Waals surface area contributed by atoms with Crippen LogP contribution in [0.15, 0.2) is 18.3 Å². The molecular weight excluding hydrogens is 178 g/mol. The number of hydrogen-bond acceptors (Lipinski definition) is 3. The maximum Gasteiger partial charge on any atom is 0.0696 e. The van der Waals surface area contributed by atoms with Crippen LogP contribution in [0, 0.1) is 0 Å². The smallest absolute Gasteiger partial charge is 0.0696 e. The second kappa shape index (κ2) is 4.53. The van der Waals surface area contributed by atoms with E-state index in [-0.39, 0.29) is 6.61 Å². The largest absolute Gasteiger partial charge is 0.392 e. The summed E-state index contributed by atoms with van der Waals surface area (Å²) in [6.45, 7) is 1.75. The Morgan fingerprint density at radius 1 is 1.36 bits per heavy atom. The second-order valence-electron chi connectivity index (χ2n) is 3.64. The Kier molecular flexibility index (Phi) is 3.11. The van der Waals surface area contributed by atoms with Crippen molar-refractivity contribution in [1.29, 1.82) is 0 Å². The molecule has 1 fully saturated rings. The molecule has 0 saturated carbocycles. The standard InChI is InChI=1S/C11H15NO2/c13-8-9-1-2-11(12-7-9)10-3-5-14-6-4-10/h1-2,7,10,13H,3-6,8H2. The predicted molar refractivity (Wildman–Crippen MR) is 53.0 cm³/mol. The summed E-state index contributed by atoms with van der Waals surface area (Å²) < 4.78 is 5.30. The van der Waals surface area contributed by atoms with E-state index in [0.29, 0.717) is 5.92 Å². The van der Waals surface area contributed by atoms with Crippen molar-refractivity contribution in [3.63, 3.8) is 0 Å². The van der Waals surface area contributed by atoms with E-state index < -0.39 is 0 Å². The summed E-state index contributed by atoms with van der Waals surface area (Å²) in [5.41, 5.74) is 2.01.